The summed E-state index contributed by atoms with van der Waals surface area (Å²) >= 11 is 0. The molecule has 5 nitrogen and oxygen atoms in total. The van der Waals surface area contributed by atoms with Gasteiger partial charge in [0.05, 0.1) is 0 Å². The molecule has 1 aliphatic heterocycles. The van der Waals surface area contributed by atoms with Crippen molar-refractivity contribution in [3.63, 3.8) is 0 Å². The quantitative estimate of drug-likeness (QED) is 0.569. The zero-order chi connectivity index (χ0) is 16.1. The Balaban J connectivity index is 1.77. The molecule has 1 aliphatic rings. The highest BCUT2D eigenvalue weighted by atomic mass is 19.1. The monoisotopic (exact) mass is 319 g/mol. The van der Waals surface area contributed by atoms with Gasteiger partial charge in [0, 0.05) is 35.1 Å². The van der Waals surface area contributed by atoms with Gasteiger partial charge in [0.15, 0.2) is 5.65 Å². The smallest absolute Gasteiger partial charge is 0.155 e. The van der Waals surface area contributed by atoms with Crippen molar-refractivity contribution in [1.29, 1.82) is 0 Å². The summed E-state index contributed by atoms with van der Waals surface area (Å²) in [5.41, 5.74) is 5.71. The van der Waals surface area contributed by atoms with E-state index in [2.05, 4.69) is 10.1 Å². The van der Waals surface area contributed by atoms with Gasteiger partial charge in [0.1, 0.15) is 17.8 Å². The molecule has 0 atom stereocenters. The first-order valence-corrected chi connectivity index (χ1v) is 7.95. The number of hydrogen-bond acceptors (Lipinski definition) is 3. The minimum Gasteiger partial charge on any atom is -0.268 e. The van der Waals surface area contributed by atoms with Crippen molar-refractivity contribution in [2.75, 3.05) is 0 Å². The average Bonchev–Trinajstić information content (AvgIpc) is 3.29. The first-order valence-electron chi connectivity index (χ1n) is 7.95. The van der Waals surface area contributed by atoms with Crippen LogP contribution in [0.3, 0.4) is 0 Å². The van der Waals surface area contributed by atoms with Crippen LogP contribution in [0.4, 0.5) is 4.39 Å². The van der Waals surface area contributed by atoms with Crippen LogP contribution in [0.1, 0.15) is 12.1 Å². The van der Waals surface area contributed by atoms with Crippen LogP contribution in [0.5, 0.6) is 0 Å². The summed E-state index contributed by atoms with van der Waals surface area (Å²) in [7, 11) is 0. The Hall–Kier alpha value is -3.02. The van der Waals surface area contributed by atoms with Crippen LogP contribution in [-0.4, -0.2) is 24.4 Å². The maximum absolute atomic E-state index is 13.7. The normalized spacial score (nSPS) is 13.5. The van der Waals surface area contributed by atoms with E-state index in [4.69, 9.17) is 5.10 Å². The summed E-state index contributed by atoms with van der Waals surface area (Å²) in [5.74, 6) is -0.252. The summed E-state index contributed by atoms with van der Waals surface area (Å²) in [4.78, 5) is 4.19. The molecule has 0 aliphatic carbocycles. The van der Waals surface area contributed by atoms with Gasteiger partial charge in [0.2, 0.25) is 0 Å². The van der Waals surface area contributed by atoms with Crippen molar-refractivity contribution in [3.05, 3.63) is 60.4 Å². The molecule has 0 amide bonds. The molecule has 0 N–H and O–H groups in total. The van der Waals surface area contributed by atoms with Gasteiger partial charge in [-0.25, -0.2) is 13.9 Å². The molecule has 0 saturated heterocycles. The molecular weight excluding hydrogens is 305 g/mol. The molecule has 0 radical (unpaired) electrons. The van der Waals surface area contributed by atoms with Gasteiger partial charge in [0.25, 0.3) is 0 Å². The highest BCUT2D eigenvalue weighted by molar-refractivity contribution is 5.83. The predicted molar refractivity (Wildman–Crippen MR) is 87.9 cm³/mol. The summed E-state index contributed by atoms with van der Waals surface area (Å²) in [5, 5.41) is 8.97. The molecule has 118 valence electrons. The van der Waals surface area contributed by atoms with E-state index >= 15 is 0 Å². The number of pyridine rings is 1. The minimum atomic E-state index is -0.252. The van der Waals surface area contributed by atoms with Crippen molar-refractivity contribution in [1.82, 2.24) is 24.4 Å². The second-order valence-corrected chi connectivity index (χ2v) is 5.99. The lowest BCUT2D eigenvalue weighted by Crippen LogP contribution is -1.94. The van der Waals surface area contributed by atoms with E-state index in [-0.39, 0.29) is 5.82 Å². The molecule has 0 bridgehead atoms. The zero-order valence-corrected chi connectivity index (χ0v) is 12.9. The van der Waals surface area contributed by atoms with E-state index < -0.39 is 0 Å². The SMILES string of the molecule is Fc1cccc(-c2nn3c(c2-c2ccc4ncnn4c2)CCC3)c1. The second kappa shape index (κ2) is 4.99. The number of benzene rings is 1. The lowest BCUT2D eigenvalue weighted by molar-refractivity contribution is 0.627. The van der Waals surface area contributed by atoms with Crippen LogP contribution in [0.25, 0.3) is 28.0 Å². The molecule has 24 heavy (non-hydrogen) atoms. The highest BCUT2D eigenvalue weighted by Gasteiger charge is 2.24. The fourth-order valence-electron chi connectivity index (χ4n) is 3.44. The molecule has 1 aromatic carbocycles. The Labute approximate surface area is 137 Å². The lowest BCUT2D eigenvalue weighted by Gasteiger charge is -2.06. The molecule has 6 heteroatoms. The number of aryl methyl sites for hydroxylation is 1. The zero-order valence-electron chi connectivity index (χ0n) is 12.9. The summed E-state index contributed by atoms with van der Waals surface area (Å²) in [6.45, 7) is 0.906. The Morgan fingerprint density at radius 2 is 2.04 bits per heavy atom. The van der Waals surface area contributed by atoms with Crippen molar-refractivity contribution < 1.29 is 4.39 Å². The van der Waals surface area contributed by atoms with Crippen LogP contribution in [0.15, 0.2) is 48.9 Å². The average molecular weight is 319 g/mol. The van der Waals surface area contributed by atoms with Gasteiger partial charge in [-0.2, -0.15) is 10.2 Å². The van der Waals surface area contributed by atoms with E-state index in [9.17, 15) is 4.39 Å². The number of hydrogen-bond donors (Lipinski definition) is 0. The van der Waals surface area contributed by atoms with Gasteiger partial charge in [-0.15, -0.1) is 0 Å². The standard InChI is InChI=1S/C18H14FN5/c19-14-4-1-3-12(9-14)18-17(15-5-2-8-23(15)22-18)13-6-7-16-20-11-21-24(16)10-13/h1,3-4,6-7,9-11H,2,5,8H2. The molecule has 4 heterocycles. The summed E-state index contributed by atoms with van der Waals surface area (Å²) < 4.78 is 17.5. The van der Waals surface area contributed by atoms with Crippen LogP contribution in [-0.2, 0) is 13.0 Å². The Morgan fingerprint density at radius 1 is 1.08 bits per heavy atom. The van der Waals surface area contributed by atoms with Crippen LogP contribution in [0.2, 0.25) is 0 Å². The first kappa shape index (κ1) is 13.4. The molecule has 0 unspecified atom stereocenters. The lowest BCUT2D eigenvalue weighted by atomic mass is 9.99. The van der Waals surface area contributed by atoms with Gasteiger partial charge in [-0.05, 0) is 37.1 Å². The van der Waals surface area contributed by atoms with Crippen LogP contribution >= 0.6 is 0 Å². The van der Waals surface area contributed by atoms with Crippen molar-refractivity contribution >= 4 is 5.65 Å². The third-order valence-corrected chi connectivity index (χ3v) is 4.50. The Morgan fingerprint density at radius 3 is 2.96 bits per heavy atom. The molecule has 5 rings (SSSR count). The first-order chi connectivity index (χ1) is 11.8. The third-order valence-electron chi connectivity index (χ3n) is 4.50. The van der Waals surface area contributed by atoms with Gasteiger partial charge >= 0.3 is 0 Å². The topological polar surface area (TPSA) is 48.0 Å². The Bertz CT molecular complexity index is 1060. The number of nitrogens with zero attached hydrogens (tertiary/aromatic N) is 5. The summed E-state index contributed by atoms with van der Waals surface area (Å²) in [6, 6.07) is 10.6. The maximum Gasteiger partial charge on any atom is 0.155 e. The van der Waals surface area contributed by atoms with Crippen LogP contribution in [0, 0.1) is 5.82 Å². The van der Waals surface area contributed by atoms with E-state index in [0.29, 0.717) is 0 Å². The van der Waals surface area contributed by atoms with E-state index in [1.165, 1.54) is 24.2 Å². The molecule has 0 fully saturated rings. The van der Waals surface area contributed by atoms with Gasteiger partial charge < -0.3 is 0 Å². The summed E-state index contributed by atoms with van der Waals surface area (Å²) in [6.07, 6.45) is 5.56. The van der Waals surface area contributed by atoms with Gasteiger partial charge in [-0.3, -0.25) is 4.68 Å². The maximum atomic E-state index is 13.7. The fraction of sp³-hybridized carbons (Fsp3) is 0.167. The van der Waals surface area contributed by atoms with E-state index in [1.807, 2.05) is 29.1 Å². The van der Waals surface area contributed by atoms with Gasteiger partial charge in [-0.1, -0.05) is 12.1 Å². The fourth-order valence-corrected chi connectivity index (χ4v) is 3.44. The predicted octanol–water partition coefficient (Wildman–Crippen LogP) is 3.35. The molecular formula is C18H14FN5. The highest BCUT2D eigenvalue weighted by Crippen LogP contribution is 2.37. The van der Waals surface area contributed by atoms with Crippen molar-refractivity contribution in [2.24, 2.45) is 0 Å². The number of halogens is 1. The van der Waals surface area contributed by atoms with Crippen molar-refractivity contribution in [2.45, 2.75) is 19.4 Å². The number of rotatable bonds is 2. The third kappa shape index (κ3) is 1.96. The largest absolute Gasteiger partial charge is 0.268 e. The molecule has 3 aromatic heterocycles. The number of fused-ring (bicyclic) bond motifs is 2. The molecule has 0 saturated carbocycles. The van der Waals surface area contributed by atoms with E-state index in [1.54, 1.807) is 10.6 Å². The molecule has 0 spiro atoms. The minimum absolute atomic E-state index is 0.252. The van der Waals surface area contributed by atoms with Crippen LogP contribution < -0.4 is 0 Å². The van der Waals surface area contributed by atoms with E-state index in [0.717, 1.165) is 47.4 Å². The number of aromatic nitrogens is 5. The Kier molecular flexibility index (Phi) is 2.79. The molecule has 4 aromatic rings. The van der Waals surface area contributed by atoms with Crippen molar-refractivity contribution in [3.8, 4) is 22.4 Å². The second-order valence-electron chi connectivity index (χ2n) is 5.99.